The van der Waals surface area contributed by atoms with Crippen LogP contribution in [0.15, 0.2) is 24.3 Å². The summed E-state index contributed by atoms with van der Waals surface area (Å²) in [5, 5.41) is 7.78. The molecule has 28 heavy (non-hydrogen) atoms. The van der Waals surface area contributed by atoms with Gasteiger partial charge in [-0.15, -0.1) is 0 Å². The first kappa shape index (κ1) is 20.3. The summed E-state index contributed by atoms with van der Waals surface area (Å²) < 4.78 is 57.6. The standard InChI is InChI=1S/C17H20F4N4O3/c1-9(10-3-2-4-11(7-10)17(19,20)21)22-14-23-15(26)25(16(27)24-14)13-5-6-28-8-12(13)18/h2-4,7,9,12-14,22H,5-6,8H2,1H3,(H,23,26)(H,24,27)/t9-,12-,13+/m0/s1. The number of urea groups is 2. The zero-order valence-corrected chi connectivity index (χ0v) is 14.9. The van der Waals surface area contributed by atoms with Crippen molar-refractivity contribution in [2.45, 2.75) is 44.1 Å². The Hall–Kier alpha value is -2.40. The second-order valence-electron chi connectivity index (χ2n) is 6.66. The number of ether oxygens (including phenoxy) is 1. The fraction of sp³-hybridized carbons (Fsp3) is 0.529. The fourth-order valence-corrected chi connectivity index (χ4v) is 3.21. The van der Waals surface area contributed by atoms with Gasteiger partial charge in [0, 0.05) is 12.6 Å². The summed E-state index contributed by atoms with van der Waals surface area (Å²) >= 11 is 0. The zero-order valence-electron chi connectivity index (χ0n) is 14.9. The van der Waals surface area contributed by atoms with Crippen molar-refractivity contribution in [3.8, 4) is 0 Å². The number of benzene rings is 1. The molecule has 7 nitrogen and oxygen atoms in total. The Morgan fingerprint density at radius 3 is 2.54 bits per heavy atom. The quantitative estimate of drug-likeness (QED) is 0.674. The summed E-state index contributed by atoms with van der Waals surface area (Å²) in [5.74, 6) is 0. The molecule has 0 unspecified atom stereocenters. The number of rotatable bonds is 4. The maximum atomic E-state index is 14.0. The van der Waals surface area contributed by atoms with Gasteiger partial charge in [-0.3, -0.25) is 5.32 Å². The molecule has 3 atom stereocenters. The number of nitrogens with one attached hydrogen (secondary N) is 3. The molecule has 2 saturated heterocycles. The lowest BCUT2D eigenvalue weighted by Gasteiger charge is -2.40. The summed E-state index contributed by atoms with van der Waals surface area (Å²) in [5.41, 5.74) is -0.468. The molecule has 3 N–H and O–H groups in total. The van der Waals surface area contributed by atoms with E-state index in [0.29, 0.717) is 5.56 Å². The number of hydrogen-bond acceptors (Lipinski definition) is 4. The Morgan fingerprint density at radius 1 is 1.25 bits per heavy atom. The highest BCUT2D eigenvalue weighted by Crippen LogP contribution is 2.30. The van der Waals surface area contributed by atoms with Crippen molar-refractivity contribution in [2.75, 3.05) is 13.2 Å². The fourth-order valence-electron chi connectivity index (χ4n) is 3.21. The van der Waals surface area contributed by atoms with Crippen LogP contribution >= 0.6 is 0 Å². The third kappa shape index (κ3) is 4.36. The van der Waals surface area contributed by atoms with Crippen LogP contribution in [0, 0.1) is 0 Å². The van der Waals surface area contributed by atoms with E-state index in [1.54, 1.807) is 6.92 Å². The number of amides is 4. The van der Waals surface area contributed by atoms with Gasteiger partial charge in [0.25, 0.3) is 0 Å². The first-order valence-electron chi connectivity index (χ1n) is 8.72. The molecular formula is C17H20F4N4O3. The van der Waals surface area contributed by atoms with E-state index in [1.807, 2.05) is 0 Å². The van der Waals surface area contributed by atoms with Crippen molar-refractivity contribution in [3.05, 3.63) is 35.4 Å². The minimum absolute atomic E-state index is 0.181. The Kier molecular flexibility index (Phi) is 5.75. The molecule has 4 amide bonds. The van der Waals surface area contributed by atoms with E-state index in [-0.39, 0.29) is 19.6 Å². The van der Waals surface area contributed by atoms with Crippen LogP contribution in [0.4, 0.5) is 27.2 Å². The molecule has 0 saturated carbocycles. The van der Waals surface area contributed by atoms with E-state index in [2.05, 4.69) is 16.0 Å². The van der Waals surface area contributed by atoms with Gasteiger partial charge in [-0.1, -0.05) is 12.1 Å². The van der Waals surface area contributed by atoms with Gasteiger partial charge in [0.2, 0.25) is 0 Å². The van der Waals surface area contributed by atoms with E-state index in [9.17, 15) is 27.2 Å². The van der Waals surface area contributed by atoms with Crippen LogP contribution in [-0.2, 0) is 10.9 Å². The monoisotopic (exact) mass is 404 g/mol. The summed E-state index contributed by atoms with van der Waals surface area (Å²) in [6.45, 7) is 1.63. The normalized spacial score (nSPS) is 25.2. The molecule has 1 aromatic rings. The number of halogens is 4. The molecule has 2 fully saturated rings. The number of carbonyl (C=O) groups is 2. The van der Waals surface area contributed by atoms with Gasteiger partial charge in [0.1, 0.15) is 6.17 Å². The molecule has 0 bridgehead atoms. The van der Waals surface area contributed by atoms with E-state index in [1.165, 1.54) is 12.1 Å². The van der Waals surface area contributed by atoms with Crippen LogP contribution < -0.4 is 16.0 Å². The van der Waals surface area contributed by atoms with Crippen LogP contribution in [0.3, 0.4) is 0 Å². The number of carbonyl (C=O) groups excluding carboxylic acids is 2. The summed E-state index contributed by atoms with van der Waals surface area (Å²) in [6.07, 6.45) is -6.80. The second kappa shape index (κ2) is 7.92. The minimum atomic E-state index is -4.48. The summed E-state index contributed by atoms with van der Waals surface area (Å²) in [7, 11) is 0. The maximum Gasteiger partial charge on any atom is 0.416 e. The Balaban J connectivity index is 1.65. The topological polar surface area (TPSA) is 82.7 Å². The molecule has 0 spiro atoms. The molecule has 0 radical (unpaired) electrons. The largest absolute Gasteiger partial charge is 0.416 e. The second-order valence-corrected chi connectivity index (χ2v) is 6.66. The number of alkyl halides is 4. The van der Waals surface area contributed by atoms with Crippen LogP contribution in [-0.4, -0.2) is 48.7 Å². The predicted molar refractivity (Wildman–Crippen MR) is 89.8 cm³/mol. The van der Waals surface area contributed by atoms with Gasteiger partial charge < -0.3 is 15.4 Å². The highest BCUT2D eigenvalue weighted by atomic mass is 19.4. The number of imide groups is 1. The molecule has 0 aromatic heterocycles. The average molecular weight is 404 g/mol. The van der Waals surface area contributed by atoms with Crippen LogP contribution in [0.2, 0.25) is 0 Å². The van der Waals surface area contributed by atoms with Crippen molar-refractivity contribution >= 4 is 12.1 Å². The summed E-state index contributed by atoms with van der Waals surface area (Å²) in [6, 6.07) is 1.61. The smallest absolute Gasteiger partial charge is 0.378 e. The lowest BCUT2D eigenvalue weighted by molar-refractivity contribution is -0.137. The van der Waals surface area contributed by atoms with Crippen molar-refractivity contribution < 1.29 is 31.9 Å². The van der Waals surface area contributed by atoms with Crippen molar-refractivity contribution in [1.82, 2.24) is 20.9 Å². The molecule has 3 rings (SSSR count). The van der Waals surface area contributed by atoms with E-state index < -0.39 is 48.3 Å². The zero-order chi connectivity index (χ0) is 20.5. The third-order valence-electron chi connectivity index (χ3n) is 4.69. The average Bonchev–Trinajstić information content (AvgIpc) is 2.62. The predicted octanol–water partition coefficient (Wildman–Crippen LogP) is 2.50. The first-order chi connectivity index (χ1) is 13.2. The Bertz CT molecular complexity index is 727. The lowest BCUT2D eigenvalue weighted by atomic mass is 10.0. The molecule has 2 heterocycles. The lowest BCUT2D eigenvalue weighted by Crippen LogP contribution is -2.71. The molecule has 0 aliphatic carbocycles. The first-order valence-corrected chi connectivity index (χ1v) is 8.72. The van der Waals surface area contributed by atoms with E-state index >= 15 is 0 Å². The van der Waals surface area contributed by atoms with Crippen molar-refractivity contribution in [3.63, 3.8) is 0 Å². The Labute approximate surface area is 158 Å². The van der Waals surface area contributed by atoms with Crippen LogP contribution in [0.5, 0.6) is 0 Å². The van der Waals surface area contributed by atoms with Gasteiger partial charge in [-0.25, -0.2) is 18.9 Å². The molecule has 2 aliphatic rings. The maximum absolute atomic E-state index is 14.0. The van der Waals surface area contributed by atoms with Crippen molar-refractivity contribution in [1.29, 1.82) is 0 Å². The van der Waals surface area contributed by atoms with Crippen molar-refractivity contribution in [2.24, 2.45) is 0 Å². The van der Waals surface area contributed by atoms with E-state index in [0.717, 1.165) is 17.0 Å². The van der Waals surface area contributed by atoms with Crippen LogP contribution in [0.1, 0.15) is 30.5 Å². The van der Waals surface area contributed by atoms with Crippen LogP contribution in [0.25, 0.3) is 0 Å². The van der Waals surface area contributed by atoms with Gasteiger partial charge >= 0.3 is 18.2 Å². The highest BCUT2D eigenvalue weighted by molar-refractivity contribution is 5.96. The van der Waals surface area contributed by atoms with Gasteiger partial charge in [0.05, 0.1) is 18.2 Å². The molecular weight excluding hydrogens is 384 g/mol. The van der Waals surface area contributed by atoms with Gasteiger partial charge in [0.15, 0.2) is 6.29 Å². The number of hydrogen-bond donors (Lipinski definition) is 3. The minimum Gasteiger partial charge on any atom is -0.378 e. The molecule has 154 valence electrons. The highest BCUT2D eigenvalue weighted by Gasteiger charge is 2.41. The molecule has 11 heteroatoms. The third-order valence-corrected chi connectivity index (χ3v) is 4.69. The summed E-state index contributed by atoms with van der Waals surface area (Å²) in [4.78, 5) is 25.4. The van der Waals surface area contributed by atoms with E-state index in [4.69, 9.17) is 4.74 Å². The number of nitrogens with zero attached hydrogens (tertiary/aromatic N) is 1. The van der Waals surface area contributed by atoms with Gasteiger partial charge in [-0.05, 0) is 31.0 Å². The Morgan fingerprint density at radius 2 is 1.93 bits per heavy atom. The molecule has 1 aromatic carbocycles. The molecule has 2 aliphatic heterocycles. The SMILES string of the molecule is C[C@H](NC1NC(=O)N([C@@H]2CCOC[C@@H]2F)C(=O)N1)c1cccc(C(F)(F)F)c1. The van der Waals surface area contributed by atoms with Gasteiger partial charge in [-0.2, -0.15) is 13.2 Å².